The number of aromatic nitrogens is 3. The molecule has 6 heteroatoms. The van der Waals surface area contributed by atoms with Crippen molar-refractivity contribution < 1.29 is 9.53 Å². The molecular formula is C8H6ClN3O2. The van der Waals surface area contributed by atoms with Gasteiger partial charge in [-0.1, -0.05) is 5.21 Å². The van der Waals surface area contributed by atoms with Crippen LogP contribution in [0.1, 0.15) is 10.4 Å². The number of rotatable bonds is 2. The summed E-state index contributed by atoms with van der Waals surface area (Å²) in [5, 5.41) is 9.45. The number of benzene rings is 1. The first-order valence-electron chi connectivity index (χ1n) is 3.81. The molecule has 0 fully saturated rings. The average molecular weight is 212 g/mol. The van der Waals surface area contributed by atoms with E-state index in [1.54, 1.807) is 6.07 Å². The Bertz CT molecular complexity index is 494. The van der Waals surface area contributed by atoms with E-state index in [9.17, 15) is 4.79 Å². The number of fused-ring (bicyclic) bond motifs is 1. The summed E-state index contributed by atoms with van der Waals surface area (Å²) in [4.78, 5) is 11.0. The number of hydrogen-bond donors (Lipinski definition) is 1. The van der Waals surface area contributed by atoms with Gasteiger partial charge < -0.3 is 4.74 Å². The van der Waals surface area contributed by atoms with Gasteiger partial charge in [-0.05, 0) is 17.7 Å². The number of ether oxygens (including phenoxy) is 1. The van der Waals surface area contributed by atoms with Gasteiger partial charge in [0.25, 0.3) is 5.24 Å². The Kier molecular flexibility index (Phi) is 2.09. The molecule has 0 atom stereocenters. The zero-order valence-electron chi connectivity index (χ0n) is 7.24. The molecule has 0 unspecified atom stereocenters. The van der Waals surface area contributed by atoms with E-state index in [2.05, 4.69) is 15.4 Å². The van der Waals surface area contributed by atoms with Crippen LogP contribution in [0.2, 0.25) is 0 Å². The lowest BCUT2D eigenvalue weighted by Gasteiger charge is -2.03. The van der Waals surface area contributed by atoms with Gasteiger partial charge in [-0.25, -0.2) is 0 Å². The summed E-state index contributed by atoms with van der Waals surface area (Å²) in [5.41, 5.74) is 1.56. The first-order chi connectivity index (χ1) is 6.72. The molecular weight excluding hydrogens is 206 g/mol. The van der Waals surface area contributed by atoms with Crippen molar-refractivity contribution in [3.63, 3.8) is 0 Å². The minimum absolute atomic E-state index is 0.288. The van der Waals surface area contributed by atoms with Gasteiger partial charge in [0.2, 0.25) is 0 Å². The SMILES string of the molecule is COc1cc2[nH]nnc2cc1C(=O)Cl. The van der Waals surface area contributed by atoms with Crippen LogP contribution >= 0.6 is 11.6 Å². The Balaban J connectivity index is 2.72. The summed E-state index contributed by atoms with van der Waals surface area (Å²) in [7, 11) is 1.47. The van der Waals surface area contributed by atoms with Crippen molar-refractivity contribution in [3.05, 3.63) is 17.7 Å². The highest BCUT2D eigenvalue weighted by Gasteiger charge is 2.12. The summed E-state index contributed by atoms with van der Waals surface area (Å²) < 4.78 is 5.00. The number of nitrogens with zero attached hydrogens (tertiary/aromatic N) is 2. The fourth-order valence-electron chi connectivity index (χ4n) is 1.20. The van der Waals surface area contributed by atoms with Crippen molar-refractivity contribution in [2.75, 3.05) is 7.11 Å². The zero-order valence-corrected chi connectivity index (χ0v) is 8.00. The molecule has 2 aromatic rings. The topological polar surface area (TPSA) is 67.9 Å². The van der Waals surface area contributed by atoms with Gasteiger partial charge in [-0.3, -0.25) is 9.89 Å². The molecule has 0 bridgehead atoms. The number of halogens is 1. The van der Waals surface area contributed by atoms with E-state index < -0.39 is 5.24 Å². The van der Waals surface area contributed by atoms with Crippen LogP contribution in [0.25, 0.3) is 11.0 Å². The summed E-state index contributed by atoms with van der Waals surface area (Å²) in [5.74, 6) is 0.406. The molecule has 0 aliphatic heterocycles. The fourth-order valence-corrected chi connectivity index (χ4v) is 1.34. The van der Waals surface area contributed by atoms with Gasteiger partial charge in [-0.2, -0.15) is 0 Å². The molecule has 14 heavy (non-hydrogen) atoms. The van der Waals surface area contributed by atoms with Crippen LogP contribution in [0, 0.1) is 0 Å². The molecule has 1 N–H and O–H groups in total. The van der Waals surface area contributed by atoms with Gasteiger partial charge in [0.1, 0.15) is 11.3 Å². The number of H-pyrrole nitrogens is 1. The van der Waals surface area contributed by atoms with E-state index >= 15 is 0 Å². The van der Waals surface area contributed by atoms with Crippen LogP contribution in [0.4, 0.5) is 0 Å². The summed E-state index contributed by atoms with van der Waals surface area (Å²) in [6.07, 6.45) is 0. The molecule has 0 saturated heterocycles. The van der Waals surface area contributed by atoms with E-state index in [-0.39, 0.29) is 5.56 Å². The highest BCUT2D eigenvalue weighted by molar-refractivity contribution is 6.68. The van der Waals surface area contributed by atoms with Gasteiger partial charge in [0, 0.05) is 6.07 Å². The van der Waals surface area contributed by atoms with Gasteiger partial charge >= 0.3 is 0 Å². The number of methoxy groups -OCH3 is 1. The highest BCUT2D eigenvalue weighted by atomic mass is 35.5. The molecule has 0 spiro atoms. The average Bonchev–Trinajstić information content (AvgIpc) is 2.62. The molecule has 5 nitrogen and oxygen atoms in total. The molecule has 2 rings (SSSR count). The highest BCUT2D eigenvalue weighted by Crippen LogP contribution is 2.24. The lowest BCUT2D eigenvalue weighted by atomic mass is 10.2. The minimum Gasteiger partial charge on any atom is -0.496 e. The monoisotopic (exact) mass is 211 g/mol. The predicted octanol–water partition coefficient (Wildman–Crippen LogP) is 1.35. The molecule has 0 aliphatic carbocycles. The predicted molar refractivity (Wildman–Crippen MR) is 50.6 cm³/mol. The molecule has 0 amide bonds. The third-order valence-electron chi connectivity index (χ3n) is 1.86. The Morgan fingerprint density at radius 3 is 3.00 bits per heavy atom. The van der Waals surface area contributed by atoms with E-state index in [4.69, 9.17) is 16.3 Å². The Morgan fingerprint density at radius 1 is 1.57 bits per heavy atom. The van der Waals surface area contributed by atoms with Crippen molar-refractivity contribution in [1.82, 2.24) is 15.4 Å². The van der Waals surface area contributed by atoms with Crippen molar-refractivity contribution in [3.8, 4) is 5.75 Å². The van der Waals surface area contributed by atoms with E-state index in [1.165, 1.54) is 13.2 Å². The van der Waals surface area contributed by atoms with E-state index in [0.29, 0.717) is 16.8 Å². The lowest BCUT2D eigenvalue weighted by Crippen LogP contribution is -1.95. The second-order valence-electron chi connectivity index (χ2n) is 2.66. The maximum atomic E-state index is 11.0. The summed E-state index contributed by atoms with van der Waals surface area (Å²) >= 11 is 5.38. The van der Waals surface area contributed by atoms with E-state index in [1.807, 2.05) is 0 Å². The maximum absolute atomic E-state index is 11.0. The zero-order chi connectivity index (χ0) is 10.1. The van der Waals surface area contributed by atoms with Gasteiger partial charge in [-0.15, -0.1) is 5.10 Å². The molecule has 0 aliphatic rings. The minimum atomic E-state index is -0.577. The molecule has 0 saturated carbocycles. The Morgan fingerprint density at radius 2 is 2.36 bits per heavy atom. The number of carbonyl (C=O) groups is 1. The normalized spacial score (nSPS) is 10.4. The third-order valence-corrected chi connectivity index (χ3v) is 2.06. The van der Waals surface area contributed by atoms with Gasteiger partial charge in [0.15, 0.2) is 0 Å². The first-order valence-corrected chi connectivity index (χ1v) is 4.19. The second-order valence-corrected chi connectivity index (χ2v) is 3.00. The second kappa shape index (κ2) is 3.26. The number of carbonyl (C=O) groups excluding carboxylic acids is 1. The third kappa shape index (κ3) is 1.31. The summed E-state index contributed by atoms with van der Waals surface area (Å²) in [6.45, 7) is 0. The van der Waals surface area contributed by atoms with Crippen molar-refractivity contribution in [1.29, 1.82) is 0 Å². The number of aromatic amines is 1. The molecule has 0 radical (unpaired) electrons. The molecule has 1 aromatic carbocycles. The van der Waals surface area contributed by atoms with Crippen molar-refractivity contribution in [2.24, 2.45) is 0 Å². The van der Waals surface area contributed by atoms with Crippen molar-refractivity contribution >= 4 is 27.9 Å². The number of nitrogens with one attached hydrogen (secondary N) is 1. The quantitative estimate of drug-likeness (QED) is 0.762. The van der Waals surface area contributed by atoms with Crippen LogP contribution < -0.4 is 4.74 Å². The van der Waals surface area contributed by atoms with Gasteiger partial charge in [0.05, 0.1) is 18.2 Å². The van der Waals surface area contributed by atoms with Crippen LogP contribution in [0.3, 0.4) is 0 Å². The molecule has 1 aromatic heterocycles. The Hall–Kier alpha value is -1.62. The summed E-state index contributed by atoms with van der Waals surface area (Å²) in [6, 6.07) is 3.16. The van der Waals surface area contributed by atoms with Crippen LogP contribution in [-0.4, -0.2) is 27.8 Å². The fraction of sp³-hybridized carbons (Fsp3) is 0.125. The smallest absolute Gasteiger partial charge is 0.256 e. The van der Waals surface area contributed by atoms with Crippen LogP contribution in [0.15, 0.2) is 12.1 Å². The van der Waals surface area contributed by atoms with Crippen molar-refractivity contribution in [2.45, 2.75) is 0 Å². The van der Waals surface area contributed by atoms with Crippen LogP contribution in [0.5, 0.6) is 5.75 Å². The number of hydrogen-bond acceptors (Lipinski definition) is 4. The standard InChI is InChI=1S/C8H6ClN3O2/c1-14-7-3-6-5(10-12-11-6)2-4(7)8(9)13/h2-3H,1H3,(H,10,11,12). The largest absolute Gasteiger partial charge is 0.496 e. The molecule has 72 valence electrons. The Labute approximate surface area is 84.0 Å². The molecule has 1 heterocycles. The lowest BCUT2D eigenvalue weighted by molar-refractivity contribution is 0.107. The van der Waals surface area contributed by atoms with E-state index in [0.717, 1.165) is 0 Å². The maximum Gasteiger partial charge on any atom is 0.256 e. The first kappa shape index (κ1) is 8.96. The van der Waals surface area contributed by atoms with Crippen LogP contribution in [-0.2, 0) is 0 Å².